The van der Waals surface area contributed by atoms with Crippen LogP contribution < -0.4 is 16.0 Å². The highest BCUT2D eigenvalue weighted by Gasteiger charge is 2.32. The number of aromatic amines is 1. The van der Waals surface area contributed by atoms with Gasteiger partial charge in [-0.3, -0.25) is 4.79 Å². The zero-order chi connectivity index (χ0) is 17.9. The van der Waals surface area contributed by atoms with E-state index in [2.05, 4.69) is 4.98 Å². The number of aromatic nitrogens is 1. The van der Waals surface area contributed by atoms with E-state index in [1.807, 2.05) is 12.1 Å². The molecule has 1 aliphatic carbocycles. The maximum absolute atomic E-state index is 11.8. The molecule has 1 aromatic carbocycles. The molecule has 0 saturated heterocycles. The molecule has 6 heteroatoms. The van der Waals surface area contributed by atoms with Gasteiger partial charge in [0.05, 0.1) is 11.1 Å². The maximum atomic E-state index is 11.8. The van der Waals surface area contributed by atoms with Crippen LogP contribution in [0.5, 0.6) is 5.75 Å². The van der Waals surface area contributed by atoms with E-state index < -0.39 is 0 Å². The van der Waals surface area contributed by atoms with Gasteiger partial charge in [-0.05, 0) is 62.1 Å². The number of benzene rings is 1. The predicted molar refractivity (Wildman–Crippen MR) is 100 cm³/mol. The van der Waals surface area contributed by atoms with Crippen molar-refractivity contribution in [3.8, 4) is 5.75 Å². The lowest BCUT2D eigenvalue weighted by Gasteiger charge is -2.37. The molecule has 0 aliphatic heterocycles. The summed E-state index contributed by atoms with van der Waals surface area (Å²) in [7, 11) is 1.72. The first-order chi connectivity index (χ1) is 12.0. The van der Waals surface area contributed by atoms with Crippen molar-refractivity contribution in [1.29, 1.82) is 0 Å². The number of hydrogen-bond donors (Lipinski definition) is 2. The van der Waals surface area contributed by atoms with E-state index in [1.165, 1.54) is 0 Å². The molecule has 1 saturated carbocycles. The summed E-state index contributed by atoms with van der Waals surface area (Å²) in [6.07, 6.45) is 7.40. The number of halogens is 1. The van der Waals surface area contributed by atoms with E-state index in [4.69, 9.17) is 26.8 Å². The lowest BCUT2D eigenvalue weighted by atomic mass is 9.78. The van der Waals surface area contributed by atoms with Gasteiger partial charge in [0, 0.05) is 30.8 Å². The summed E-state index contributed by atoms with van der Waals surface area (Å²) in [5, 5.41) is 1.86. The van der Waals surface area contributed by atoms with Gasteiger partial charge < -0.3 is 20.2 Å². The second-order valence-electron chi connectivity index (χ2n) is 6.95. The van der Waals surface area contributed by atoms with Crippen LogP contribution in [0.15, 0.2) is 29.2 Å². The van der Waals surface area contributed by atoms with Crippen molar-refractivity contribution < 1.29 is 9.47 Å². The largest absolute Gasteiger partial charge is 0.489 e. The second kappa shape index (κ2) is 7.77. The van der Waals surface area contributed by atoms with E-state index in [0.29, 0.717) is 16.2 Å². The molecule has 25 heavy (non-hydrogen) atoms. The fraction of sp³-hybridized carbons (Fsp3) is 0.526. The average molecular weight is 365 g/mol. The Morgan fingerprint density at radius 2 is 2.12 bits per heavy atom. The minimum atomic E-state index is -0.146. The van der Waals surface area contributed by atoms with Crippen LogP contribution in [0.2, 0.25) is 5.02 Å². The fourth-order valence-electron chi connectivity index (χ4n) is 3.56. The van der Waals surface area contributed by atoms with Crippen molar-refractivity contribution in [2.24, 2.45) is 5.73 Å². The molecular weight excluding hydrogens is 340 g/mol. The number of nitrogens with one attached hydrogen (secondary N) is 1. The first kappa shape index (κ1) is 18.2. The molecule has 0 radical (unpaired) electrons. The molecule has 136 valence electrons. The molecule has 1 aliphatic rings. The van der Waals surface area contributed by atoms with Crippen LogP contribution in [0.3, 0.4) is 0 Å². The van der Waals surface area contributed by atoms with Crippen molar-refractivity contribution in [1.82, 2.24) is 4.98 Å². The van der Waals surface area contributed by atoms with Gasteiger partial charge in [-0.2, -0.15) is 0 Å². The van der Waals surface area contributed by atoms with Crippen LogP contribution in [-0.2, 0) is 4.74 Å². The lowest BCUT2D eigenvalue weighted by molar-refractivity contribution is 0.107. The molecule has 0 atom stereocenters. The van der Waals surface area contributed by atoms with Gasteiger partial charge in [0.15, 0.2) is 0 Å². The number of nitrogens with two attached hydrogens (primary N) is 1. The average Bonchev–Trinajstić information content (AvgIpc) is 2.59. The van der Waals surface area contributed by atoms with Crippen LogP contribution >= 0.6 is 11.6 Å². The Morgan fingerprint density at radius 1 is 1.36 bits per heavy atom. The molecule has 1 heterocycles. The monoisotopic (exact) mass is 364 g/mol. The predicted octanol–water partition coefficient (Wildman–Crippen LogP) is 3.63. The number of methoxy groups -OCH3 is 1. The van der Waals surface area contributed by atoms with Gasteiger partial charge in [0.1, 0.15) is 5.75 Å². The first-order valence-electron chi connectivity index (χ1n) is 8.76. The Morgan fingerprint density at radius 3 is 2.84 bits per heavy atom. The Balaban J connectivity index is 1.65. The van der Waals surface area contributed by atoms with Crippen LogP contribution in [-0.4, -0.2) is 30.3 Å². The molecule has 0 amide bonds. The quantitative estimate of drug-likeness (QED) is 0.767. The standard InChI is InChI=1S/C19H25ClN2O3/c1-24-10-2-6-19(21)7-3-14(4-8-19)25-17-11-13-5-9-22-18(23)15(13)12-16(17)20/h5,9,11-12,14H,2-4,6-8,10,21H2,1H3,(H,22,23)/t14-,19+. The molecule has 2 aromatic rings. The van der Waals surface area contributed by atoms with Crippen molar-refractivity contribution >= 4 is 22.4 Å². The minimum absolute atomic E-state index is 0.107. The molecule has 0 spiro atoms. The van der Waals surface area contributed by atoms with E-state index in [0.717, 1.165) is 50.5 Å². The Bertz CT molecular complexity index is 782. The van der Waals surface area contributed by atoms with Crippen molar-refractivity contribution in [3.05, 3.63) is 39.8 Å². The molecule has 1 aromatic heterocycles. The van der Waals surface area contributed by atoms with Gasteiger partial charge in [0.25, 0.3) is 5.56 Å². The highest BCUT2D eigenvalue weighted by atomic mass is 35.5. The summed E-state index contributed by atoms with van der Waals surface area (Å²) >= 11 is 6.32. The molecule has 3 rings (SSSR count). The molecule has 3 N–H and O–H groups in total. The SMILES string of the molecule is COCCC[C@]1(N)CC[C@@H](Oc2cc3cc[nH]c(=O)c3cc2Cl)CC1. The van der Waals surface area contributed by atoms with Crippen LogP contribution in [0.25, 0.3) is 10.8 Å². The van der Waals surface area contributed by atoms with E-state index in [9.17, 15) is 4.79 Å². The summed E-state index contributed by atoms with van der Waals surface area (Å²) in [5.41, 5.74) is 6.24. The first-order valence-corrected chi connectivity index (χ1v) is 9.14. The van der Waals surface area contributed by atoms with Crippen molar-refractivity contribution in [2.45, 2.75) is 50.2 Å². The zero-order valence-corrected chi connectivity index (χ0v) is 15.3. The smallest absolute Gasteiger partial charge is 0.255 e. The number of ether oxygens (including phenoxy) is 2. The molecule has 0 bridgehead atoms. The van der Waals surface area contributed by atoms with E-state index in [1.54, 1.807) is 19.4 Å². The van der Waals surface area contributed by atoms with Gasteiger partial charge in [-0.15, -0.1) is 0 Å². The Labute approximate surface area is 152 Å². The van der Waals surface area contributed by atoms with Gasteiger partial charge in [0.2, 0.25) is 0 Å². The number of pyridine rings is 1. The third-order valence-corrected chi connectivity index (χ3v) is 5.37. The number of hydrogen-bond acceptors (Lipinski definition) is 4. The normalized spacial score (nSPS) is 23.7. The summed E-state index contributed by atoms with van der Waals surface area (Å²) in [6, 6.07) is 5.36. The van der Waals surface area contributed by atoms with Crippen molar-refractivity contribution in [3.63, 3.8) is 0 Å². The van der Waals surface area contributed by atoms with Gasteiger partial charge in [-0.1, -0.05) is 11.6 Å². The molecule has 5 nitrogen and oxygen atoms in total. The van der Waals surface area contributed by atoms with E-state index in [-0.39, 0.29) is 17.2 Å². The van der Waals surface area contributed by atoms with Crippen LogP contribution in [0.4, 0.5) is 0 Å². The van der Waals surface area contributed by atoms with Crippen LogP contribution in [0.1, 0.15) is 38.5 Å². The summed E-state index contributed by atoms with van der Waals surface area (Å²) in [6.45, 7) is 0.755. The summed E-state index contributed by atoms with van der Waals surface area (Å²) in [4.78, 5) is 14.5. The minimum Gasteiger partial charge on any atom is -0.489 e. The molecule has 0 unspecified atom stereocenters. The van der Waals surface area contributed by atoms with E-state index >= 15 is 0 Å². The third-order valence-electron chi connectivity index (χ3n) is 5.07. The molecular formula is C19H25ClN2O3. The number of rotatable bonds is 6. The second-order valence-corrected chi connectivity index (χ2v) is 7.36. The van der Waals surface area contributed by atoms with Gasteiger partial charge >= 0.3 is 0 Å². The molecule has 1 fully saturated rings. The summed E-state index contributed by atoms with van der Waals surface area (Å²) < 4.78 is 11.2. The zero-order valence-electron chi connectivity index (χ0n) is 14.5. The fourth-order valence-corrected chi connectivity index (χ4v) is 3.77. The Kier molecular flexibility index (Phi) is 5.67. The van der Waals surface area contributed by atoms with Crippen molar-refractivity contribution in [2.75, 3.05) is 13.7 Å². The van der Waals surface area contributed by atoms with Crippen LogP contribution in [0, 0.1) is 0 Å². The third kappa shape index (κ3) is 4.35. The number of H-pyrrole nitrogens is 1. The topological polar surface area (TPSA) is 77.3 Å². The Hall–Kier alpha value is -1.56. The van der Waals surface area contributed by atoms with Gasteiger partial charge in [-0.25, -0.2) is 0 Å². The summed E-state index contributed by atoms with van der Waals surface area (Å²) in [5.74, 6) is 0.633. The lowest BCUT2D eigenvalue weighted by Crippen LogP contribution is -2.45. The highest BCUT2D eigenvalue weighted by Crippen LogP contribution is 2.35. The number of fused-ring (bicyclic) bond motifs is 1. The maximum Gasteiger partial charge on any atom is 0.255 e. The highest BCUT2D eigenvalue weighted by molar-refractivity contribution is 6.32.